The Kier molecular flexibility index (Phi) is 4.97. The lowest BCUT2D eigenvalue weighted by Crippen LogP contribution is -2.47. The van der Waals surface area contributed by atoms with Crippen LogP contribution in [0.3, 0.4) is 0 Å². The van der Waals surface area contributed by atoms with Crippen molar-refractivity contribution in [2.75, 3.05) is 7.11 Å². The van der Waals surface area contributed by atoms with E-state index in [2.05, 4.69) is 21.2 Å². The summed E-state index contributed by atoms with van der Waals surface area (Å²) < 4.78 is 28.6. The minimum atomic E-state index is -3.89. The molecule has 21 heavy (non-hydrogen) atoms. The molecule has 1 aromatic carbocycles. The minimum absolute atomic E-state index is 0.0527. The average molecular weight is 397 g/mol. The van der Waals surface area contributed by atoms with E-state index in [0.29, 0.717) is 15.6 Å². The third-order valence-corrected chi connectivity index (χ3v) is 5.76. The highest BCUT2D eigenvalue weighted by molar-refractivity contribution is 9.10. The van der Waals surface area contributed by atoms with Gasteiger partial charge in [0.05, 0.1) is 11.0 Å². The second kappa shape index (κ2) is 6.24. The molecule has 0 spiro atoms. The maximum Gasteiger partial charge on any atom is 0.261 e. The standard InChI is InChI=1S/C13H15BrClNO4S/c1-7-11(5-10(6-12(7)14)21(15,18)19)13(17)16-8-3-9(4-8)20-2/h5-6,8-9H,3-4H2,1-2H3,(H,16,17). The monoisotopic (exact) mass is 395 g/mol. The number of nitrogens with one attached hydrogen (secondary N) is 1. The number of benzene rings is 1. The van der Waals surface area contributed by atoms with Crippen LogP contribution in [0.4, 0.5) is 0 Å². The lowest BCUT2D eigenvalue weighted by molar-refractivity contribution is 0.0176. The number of carbonyl (C=O) groups is 1. The van der Waals surface area contributed by atoms with Gasteiger partial charge in [0, 0.05) is 33.9 Å². The highest BCUT2D eigenvalue weighted by Gasteiger charge is 2.31. The van der Waals surface area contributed by atoms with Crippen LogP contribution in [0.1, 0.15) is 28.8 Å². The van der Waals surface area contributed by atoms with E-state index in [4.69, 9.17) is 15.4 Å². The van der Waals surface area contributed by atoms with Gasteiger partial charge in [-0.2, -0.15) is 0 Å². The molecular formula is C13H15BrClNO4S. The Balaban J connectivity index is 2.22. The molecule has 1 aromatic rings. The molecule has 116 valence electrons. The lowest BCUT2D eigenvalue weighted by atomic mass is 9.89. The third kappa shape index (κ3) is 3.77. The van der Waals surface area contributed by atoms with Crippen molar-refractivity contribution in [2.45, 2.75) is 36.8 Å². The van der Waals surface area contributed by atoms with Gasteiger partial charge in [-0.25, -0.2) is 8.42 Å². The topological polar surface area (TPSA) is 72.5 Å². The van der Waals surface area contributed by atoms with Crippen molar-refractivity contribution >= 4 is 41.6 Å². The summed E-state index contributed by atoms with van der Waals surface area (Å²) in [6, 6.07) is 2.74. The van der Waals surface area contributed by atoms with Crippen LogP contribution in [0, 0.1) is 6.92 Å². The molecule has 1 amide bonds. The summed E-state index contributed by atoms with van der Waals surface area (Å²) in [5.74, 6) is -0.310. The van der Waals surface area contributed by atoms with Crippen molar-refractivity contribution in [1.82, 2.24) is 5.32 Å². The zero-order valence-electron chi connectivity index (χ0n) is 11.5. The number of methoxy groups -OCH3 is 1. The normalized spacial score (nSPS) is 21.7. The van der Waals surface area contributed by atoms with Crippen molar-refractivity contribution in [1.29, 1.82) is 0 Å². The first-order chi connectivity index (χ1) is 9.72. The molecule has 1 fully saturated rings. The van der Waals surface area contributed by atoms with Crippen LogP contribution in [0.25, 0.3) is 0 Å². The Morgan fingerprint density at radius 1 is 1.43 bits per heavy atom. The summed E-state index contributed by atoms with van der Waals surface area (Å²) in [5.41, 5.74) is 0.962. The fraction of sp³-hybridized carbons (Fsp3) is 0.462. The largest absolute Gasteiger partial charge is 0.381 e. The second-order valence-electron chi connectivity index (χ2n) is 5.02. The number of ether oxygens (including phenoxy) is 1. The number of halogens is 2. The van der Waals surface area contributed by atoms with Gasteiger partial charge in [-0.05, 0) is 37.5 Å². The summed E-state index contributed by atoms with van der Waals surface area (Å²) in [5, 5.41) is 2.87. The second-order valence-corrected chi connectivity index (χ2v) is 8.44. The predicted molar refractivity (Wildman–Crippen MR) is 83.2 cm³/mol. The Labute approximate surface area is 136 Å². The first-order valence-corrected chi connectivity index (χ1v) is 9.41. The van der Waals surface area contributed by atoms with Crippen LogP contribution in [0.2, 0.25) is 0 Å². The van der Waals surface area contributed by atoms with E-state index in [9.17, 15) is 13.2 Å². The Bertz CT molecular complexity index is 671. The minimum Gasteiger partial charge on any atom is -0.381 e. The van der Waals surface area contributed by atoms with Crippen LogP contribution < -0.4 is 5.32 Å². The first-order valence-electron chi connectivity index (χ1n) is 6.31. The number of hydrogen-bond acceptors (Lipinski definition) is 4. The number of rotatable bonds is 4. The van der Waals surface area contributed by atoms with Crippen LogP contribution in [0.15, 0.2) is 21.5 Å². The molecule has 0 aromatic heterocycles. The fourth-order valence-corrected chi connectivity index (χ4v) is 3.57. The summed E-state index contributed by atoms with van der Waals surface area (Å²) in [6.45, 7) is 1.74. The van der Waals surface area contributed by atoms with Gasteiger partial charge >= 0.3 is 0 Å². The predicted octanol–water partition coefficient (Wildman–Crippen LogP) is 2.59. The third-order valence-electron chi connectivity index (χ3n) is 3.61. The smallest absolute Gasteiger partial charge is 0.261 e. The Morgan fingerprint density at radius 3 is 2.57 bits per heavy atom. The van der Waals surface area contributed by atoms with E-state index in [1.807, 2.05) is 0 Å². The van der Waals surface area contributed by atoms with E-state index < -0.39 is 9.05 Å². The molecule has 5 nitrogen and oxygen atoms in total. The van der Waals surface area contributed by atoms with E-state index in [-0.39, 0.29) is 22.9 Å². The maximum absolute atomic E-state index is 12.3. The van der Waals surface area contributed by atoms with E-state index in [0.717, 1.165) is 12.8 Å². The summed E-state index contributed by atoms with van der Waals surface area (Å²) in [7, 11) is 3.09. The van der Waals surface area contributed by atoms with Gasteiger partial charge in [0.1, 0.15) is 0 Å². The van der Waals surface area contributed by atoms with Crippen LogP contribution in [-0.4, -0.2) is 33.6 Å². The summed E-state index contributed by atoms with van der Waals surface area (Å²) in [6.07, 6.45) is 1.70. The van der Waals surface area contributed by atoms with Gasteiger partial charge in [0.2, 0.25) is 0 Å². The molecular weight excluding hydrogens is 382 g/mol. The molecule has 1 aliphatic rings. The molecule has 0 bridgehead atoms. The van der Waals surface area contributed by atoms with E-state index in [1.165, 1.54) is 12.1 Å². The molecule has 0 heterocycles. The van der Waals surface area contributed by atoms with E-state index in [1.54, 1.807) is 14.0 Å². The van der Waals surface area contributed by atoms with Gasteiger partial charge in [0.25, 0.3) is 15.0 Å². The molecule has 8 heteroatoms. The molecule has 1 N–H and O–H groups in total. The highest BCUT2D eigenvalue weighted by Crippen LogP contribution is 2.28. The van der Waals surface area contributed by atoms with Gasteiger partial charge in [0.15, 0.2) is 0 Å². The zero-order valence-corrected chi connectivity index (χ0v) is 14.7. The molecule has 1 saturated carbocycles. The molecule has 0 saturated heterocycles. The number of hydrogen-bond donors (Lipinski definition) is 1. The summed E-state index contributed by atoms with van der Waals surface area (Å²) in [4.78, 5) is 12.2. The maximum atomic E-state index is 12.3. The molecule has 0 radical (unpaired) electrons. The molecule has 1 aliphatic carbocycles. The van der Waals surface area contributed by atoms with Gasteiger partial charge in [-0.1, -0.05) is 15.9 Å². The van der Waals surface area contributed by atoms with Crippen LogP contribution in [0.5, 0.6) is 0 Å². The zero-order chi connectivity index (χ0) is 15.8. The van der Waals surface area contributed by atoms with Gasteiger partial charge in [-0.3, -0.25) is 4.79 Å². The lowest BCUT2D eigenvalue weighted by Gasteiger charge is -2.34. The molecule has 2 rings (SSSR count). The van der Waals surface area contributed by atoms with Crippen LogP contribution in [-0.2, 0) is 13.8 Å². The van der Waals surface area contributed by atoms with Crippen LogP contribution >= 0.6 is 26.6 Å². The van der Waals surface area contributed by atoms with Crippen molar-refractivity contribution in [3.63, 3.8) is 0 Å². The Hall–Kier alpha value is -0.630. The average Bonchev–Trinajstić information content (AvgIpc) is 2.34. The summed E-state index contributed by atoms with van der Waals surface area (Å²) >= 11 is 3.25. The SMILES string of the molecule is COC1CC(NC(=O)c2cc(S(=O)(=O)Cl)cc(Br)c2C)C1. The molecule has 0 atom stereocenters. The number of amides is 1. The molecule has 0 aliphatic heterocycles. The quantitative estimate of drug-likeness (QED) is 0.794. The van der Waals surface area contributed by atoms with E-state index >= 15 is 0 Å². The van der Waals surface area contributed by atoms with Crippen molar-refractivity contribution in [2.24, 2.45) is 0 Å². The molecule has 0 unspecified atom stereocenters. The van der Waals surface area contributed by atoms with Crippen molar-refractivity contribution in [3.8, 4) is 0 Å². The van der Waals surface area contributed by atoms with Gasteiger partial charge < -0.3 is 10.1 Å². The highest BCUT2D eigenvalue weighted by atomic mass is 79.9. The number of carbonyl (C=O) groups excluding carboxylic acids is 1. The first kappa shape index (κ1) is 16.7. The fourth-order valence-electron chi connectivity index (χ4n) is 2.17. The van der Waals surface area contributed by atoms with Crippen molar-refractivity contribution in [3.05, 3.63) is 27.7 Å². The Morgan fingerprint density at radius 2 is 2.05 bits per heavy atom. The van der Waals surface area contributed by atoms with Crippen molar-refractivity contribution < 1.29 is 17.9 Å². The van der Waals surface area contributed by atoms with Gasteiger partial charge in [-0.15, -0.1) is 0 Å².